The number of hydrogen-bond donors (Lipinski definition) is 3. The number of rotatable bonds is 5. The molecule has 0 aromatic carbocycles. The van der Waals surface area contributed by atoms with E-state index in [1.165, 1.54) is 16.1 Å². The molecule has 1 aromatic heterocycles. The lowest BCUT2D eigenvalue weighted by Gasteiger charge is -2.09. The third-order valence-electron chi connectivity index (χ3n) is 1.87. The quantitative estimate of drug-likeness (QED) is 0.690. The molecule has 0 aliphatic heterocycles. The molecule has 0 unspecified atom stereocenters. The highest BCUT2D eigenvalue weighted by molar-refractivity contribution is 7.87. The first-order chi connectivity index (χ1) is 9.22. The van der Waals surface area contributed by atoms with Gasteiger partial charge in [-0.15, -0.1) is 11.3 Å². The van der Waals surface area contributed by atoms with Gasteiger partial charge in [-0.25, -0.2) is 0 Å². The molecule has 0 radical (unpaired) electrons. The molecule has 0 fully saturated rings. The van der Waals surface area contributed by atoms with Crippen LogP contribution in [0.2, 0.25) is 0 Å². The zero-order valence-corrected chi connectivity index (χ0v) is 11.8. The third kappa shape index (κ3) is 6.88. The number of alkyl halides is 3. The molecule has 0 aliphatic rings. The van der Waals surface area contributed by atoms with Crippen molar-refractivity contribution in [1.29, 1.82) is 0 Å². The second-order valence-corrected chi connectivity index (χ2v) is 6.29. The van der Waals surface area contributed by atoms with Crippen LogP contribution in [0.4, 0.5) is 13.2 Å². The normalized spacial score (nSPS) is 12.0. The number of hydrogen-bond acceptors (Lipinski definition) is 4. The Morgan fingerprint density at radius 3 is 2.60 bits per heavy atom. The molecule has 0 spiro atoms. The van der Waals surface area contributed by atoms with Crippen LogP contribution >= 0.6 is 11.3 Å². The van der Waals surface area contributed by atoms with Crippen LogP contribution in [-0.4, -0.2) is 27.7 Å². The van der Waals surface area contributed by atoms with Gasteiger partial charge in [0, 0.05) is 11.4 Å². The van der Waals surface area contributed by atoms with E-state index in [9.17, 15) is 21.6 Å². The molecule has 1 aromatic rings. The van der Waals surface area contributed by atoms with Gasteiger partial charge in [0.25, 0.3) is 10.2 Å². The summed E-state index contributed by atoms with van der Waals surface area (Å²) in [6.45, 7) is -1.51. The average Bonchev–Trinajstić information content (AvgIpc) is 2.79. The first kappa shape index (κ1) is 16.9. The minimum atomic E-state index is -4.59. The van der Waals surface area contributed by atoms with Crippen LogP contribution in [0.1, 0.15) is 9.75 Å². The van der Waals surface area contributed by atoms with Gasteiger partial charge < -0.3 is 5.73 Å². The maximum atomic E-state index is 11.9. The smallest absolute Gasteiger partial charge is 0.320 e. The molecule has 0 bridgehead atoms. The van der Waals surface area contributed by atoms with Gasteiger partial charge in [0.1, 0.15) is 6.54 Å². The molecule has 1 rings (SSSR count). The molecule has 20 heavy (non-hydrogen) atoms. The Kier molecular flexibility index (Phi) is 5.97. The lowest BCUT2D eigenvalue weighted by atomic mass is 10.4. The topological polar surface area (TPSA) is 84.2 Å². The summed E-state index contributed by atoms with van der Waals surface area (Å²) in [5.74, 6) is 5.41. The second kappa shape index (κ2) is 7.05. The molecule has 0 saturated carbocycles. The first-order valence-electron chi connectivity index (χ1n) is 5.30. The Hall–Kier alpha value is -1.12. The van der Waals surface area contributed by atoms with E-state index in [0.29, 0.717) is 9.75 Å². The van der Waals surface area contributed by atoms with E-state index < -0.39 is 22.9 Å². The minimum absolute atomic E-state index is 0.109. The Labute approximate surface area is 118 Å². The van der Waals surface area contributed by atoms with Crippen molar-refractivity contribution in [3.8, 4) is 11.8 Å². The molecular formula is C10H12F3N3O2S2. The van der Waals surface area contributed by atoms with E-state index in [-0.39, 0.29) is 13.1 Å². The number of nitrogens with one attached hydrogen (secondary N) is 2. The van der Waals surface area contributed by atoms with Crippen molar-refractivity contribution in [3.63, 3.8) is 0 Å². The van der Waals surface area contributed by atoms with Crippen molar-refractivity contribution in [2.45, 2.75) is 12.7 Å². The van der Waals surface area contributed by atoms with Gasteiger partial charge in [0.2, 0.25) is 0 Å². The van der Waals surface area contributed by atoms with Crippen molar-refractivity contribution in [3.05, 3.63) is 21.9 Å². The van der Waals surface area contributed by atoms with E-state index in [2.05, 4.69) is 11.8 Å². The van der Waals surface area contributed by atoms with Crippen LogP contribution in [-0.2, 0) is 16.8 Å². The van der Waals surface area contributed by atoms with Crippen LogP contribution < -0.4 is 15.2 Å². The van der Waals surface area contributed by atoms with Gasteiger partial charge in [-0.1, -0.05) is 11.8 Å². The summed E-state index contributed by atoms with van der Waals surface area (Å²) in [6, 6.07) is 3.32. The molecule has 112 valence electrons. The van der Waals surface area contributed by atoms with Crippen molar-refractivity contribution in [2.24, 2.45) is 5.73 Å². The SMILES string of the molecule is NCC#Cc1ccc(CNS(=O)(=O)NCC(F)(F)F)s1. The zero-order chi connectivity index (χ0) is 15.2. The Bertz CT molecular complexity index is 599. The summed E-state index contributed by atoms with van der Waals surface area (Å²) >= 11 is 1.23. The molecule has 0 aliphatic carbocycles. The maximum Gasteiger partial charge on any atom is 0.402 e. The monoisotopic (exact) mass is 327 g/mol. The second-order valence-electron chi connectivity index (χ2n) is 3.53. The number of halogens is 3. The Morgan fingerprint density at radius 1 is 1.30 bits per heavy atom. The van der Waals surface area contributed by atoms with Gasteiger partial charge in [0.05, 0.1) is 11.4 Å². The van der Waals surface area contributed by atoms with Crippen LogP contribution in [0.5, 0.6) is 0 Å². The zero-order valence-electron chi connectivity index (χ0n) is 10.1. The van der Waals surface area contributed by atoms with Gasteiger partial charge in [-0.2, -0.15) is 31.0 Å². The highest BCUT2D eigenvalue weighted by atomic mass is 32.2. The van der Waals surface area contributed by atoms with Crippen LogP contribution in [0, 0.1) is 11.8 Å². The average molecular weight is 327 g/mol. The lowest BCUT2D eigenvalue weighted by Crippen LogP contribution is -2.41. The molecule has 10 heteroatoms. The molecule has 1 heterocycles. The van der Waals surface area contributed by atoms with Gasteiger partial charge in [-0.05, 0) is 12.1 Å². The van der Waals surface area contributed by atoms with Gasteiger partial charge in [0.15, 0.2) is 0 Å². The minimum Gasteiger partial charge on any atom is -0.320 e. The standard InChI is InChI=1S/C10H12F3N3O2S2/c11-10(12,13)7-16-20(17,18)15-6-9-4-3-8(19-9)2-1-5-14/h3-4,15-16H,5-7,14H2. The van der Waals surface area contributed by atoms with Gasteiger partial charge in [-0.3, -0.25) is 0 Å². The summed E-state index contributed by atoms with van der Waals surface area (Å²) < 4.78 is 61.6. The van der Waals surface area contributed by atoms with Crippen molar-refractivity contribution in [1.82, 2.24) is 9.44 Å². The predicted octanol–water partition coefficient (Wildman–Crippen LogP) is 0.545. The molecular weight excluding hydrogens is 315 g/mol. The lowest BCUT2D eigenvalue weighted by molar-refractivity contribution is -0.121. The summed E-state index contributed by atoms with van der Waals surface area (Å²) in [5.41, 5.74) is 5.21. The number of thiophene rings is 1. The van der Waals surface area contributed by atoms with Crippen molar-refractivity contribution >= 4 is 21.5 Å². The largest absolute Gasteiger partial charge is 0.402 e. The van der Waals surface area contributed by atoms with Crippen LogP contribution in [0.15, 0.2) is 12.1 Å². The van der Waals surface area contributed by atoms with E-state index in [0.717, 1.165) is 0 Å². The summed E-state index contributed by atoms with van der Waals surface area (Å²) in [7, 11) is -4.19. The number of nitrogens with two attached hydrogens (primary N) is 1. The van der Waals surface area contributed by atoms with Crippen molar-refractivity contribution < 1.29 is 21.6 Å². The fraction of sp³-hybridized carbons (Fsp3) is 0.400. The molecule has 0 saturated heterocycles. The van der Waals surface area contributed by atoms with Crippen molar-refractivity contribution in [2.75, 3.05) is 13.1 Å². The molecule has 0 atom stereocenters. The van der Waals surface area contributed by atoms with Gasteiger partial charge >= 0.3 is 6.18 Å². The fourth-order valence-electron chi connectivity index (χ4n) is 1.07. The predicted molar refractivity (Wildman–Crippen MR) is 70.1 cm³/mol. The highest BCUT2D eigenvalue weighted by Gasteiger charge is 2.29. The van der Waals surface area contributed by atoms with E-state index in [1.54, 1.807) is 12.1 Å². The van der Waals surface area contributed by atoms with E-state index in [4.69, 9.17) is 5.73 Å². The van der Waals surface area contributed by atoms with E-state index >= 15 is 0 Å². The van der Waals surface area contributed by atoms with Crippen LogP contribution in [0.3, 0.4) is 0 Å². The maximum absolute atomic E-state index is 11.9. The summed E-state index contributed by atoms with van der Waals surface area (Å²) in [5, 5.41) is 0. The highest BCUT2D eigenvalue weighted by Crippen LogP contribution is 2.15. The third-order valence-corrected chi connectivity index (χ3v) is 3.92. The first-order valence-corrected chi connectivity index (χ1v) is 7.60. The van der Waals surface area contributed by atoms with E-state index in [1.807, 2.05) is 4.72 Å². The van der Waals surface area contributed by atoms with Crippen LogP contribution in [0.25, 0.3) is 0 Å². The molecule has 4 N–H and O–H groups in total. The Morgan fingerprint density at radius 2 is 2.00 bits per heavy atom. The molecule has 5 nitrogen and oxygen atoms in total. The molecule has 0 amide bonds. The summed E-state index contributed by atoms with van der Waals surface area (Å²) in [4.78, 5) is 1.33. The fourth-order valence-corrected chi connectivity index (χ4v) is 2.79. The Balaban J connectivity index is 2.52. The summed E-state index contributed by atoms with van der Waals surface area (Å²) in [6.07, 6.45) is -4.59.